The molecule has 0 bridgehead atoms. The Labute approximate surface area is 123 Å². The summed E-state index contributed by atoms with van der Waals surface area (Å²) in [6.07, 6.45) is 1.55. The van der Waals surface area contributed by atoms with Crippen LogP contribution in [0.1, 0.15) is 32.3 Å². The zero-order valence-electron chi connectivity index (χ0n) is 11.7. The summed E-state index contributed by atoms with van der Waals surface area (Å²) in [5.41, 5.74) is -0.0221. The van der Waals surface area contributed by atoms with Gasteiger partial charge in [-0.15, -0.1) is 0 Å². The lowest BCUT2D eigenvalue weighted by Gasteiger charge is -2.29. The Balaban J connectivity index is 2.15. The second kappa shape index (κ2) is 5.83. The molecule has 2 amide bonds. The normalized spacial score (nSPS) is 19.4. The number of nitrogens with one attached hydrogen (secondary N) is 2. The molecule has 1 atom stereocenters. The largest absolute Gasteiger partial charge is 0.354 e. The summed E-state index contributed by atoms with van der Waals surface area (Å²) < 4.78 is 0. The van der Waals surface area contributed by atoms with Crippen LogP contribution >= 0.6 is 11.6 Å². The quantitative estimate of drug-likeness (QED) is 0.896. The van der Waals surface area contributed by atoms with Crippen LogP contribution in [0.25, 0.3) is 0 Å². The van der Waals surface area contributed by atoms with Gasteiger partial charge in [0.1, 0.15) is 6.04 Å². The van der Waals surface area contributed by atoms with E-state index in [4.69, 9.17) is 11.6 Å². The zero-order valence-corrected chi connectivity index (χ0v) is 12.5. The van der Waals surface area contributed by atoms with E-state index in [0.29, 0.717) is 18.0 Å². The van der Waals surface area contributed by atoms with Crippen molar-refractivity contribution in [1.82, 2.24) is 10.6 Å². The molecule has 2 N–H and O–H groups in total. The summed E-state index contributed by atoms with van der Waals surface area (Å²) in [7, 11) is 0. The van der Waals surface area contributed by atoms with Gasteiger partial charge in [-0.25, -0.2) is 0 Å². The first-order valence-electron chi connectivity index (χ1n) is 6.76. The first-order valence-corrected chi connectivity index (χ1v) is 7.14. The Morgan fingerprint density at radius 3 is 2.75 bits per heavy atom. The highest BCUT2D eigenvalue weighted by Crippen LogP contribution is 2.30. The van der Waals surface area contributed by atoms with E-state index in [9.17, 15) is 9.59 Å². The summed E-state index contributed by atoms with van der Waals surface area (Å²) >= 11 is 6.16. The summed E-state index contributed by atoms with van der Waals surface area (Å²) in [6, 6.07) is 6.83. The minimum atomic E-state index is -0.782. The number of benzene rings is 1. The first-order chi connectivity index (χ1) is 9.43. The maximum Gasteiger partial charge on any atom is 0.242 e. The van der Waals surface area contributed by atoms with Crippen LogP contribution in [-0.2, 0) is 15.0 Å². The van der Waals surface area contributed by atoms with Crippen molar-refractivity contribution >= 4 is 23.4 Å². The number of hydrogen-bond acceptors (Lipinski definition) is 2. The summed E-state index contributed by atoms with van der Waals surface area (Å²) in [6.45, 7) is 4.30. The molecule has 0 aromatic heterocycles. The summed E-state index contributed by atoms with van der Waals surface area (Å²) in [5, 5.41) is 6.14. The summed E-state index contributed by atoms with van der Waals surface area (Å²) in [4.78, 5) is 24.2. The van der Waals surface area contributed by atoms with Crippen molar-refractivity contribution in [1.29, 1.82) is 0 Å². The third kappa shape index (κ3) is 2.96. The van der Waals surface area contributed by atoms with Crippen molar-refractivity contribution in [2.75, 3.05) is 6.54 Å². The average Bonchev–Trinajstić information content (AvgIpc) is 2.41. The lowest BCUT2D eigenvalue weighted by molar-refractivity contribution is -0.132. The van der Waals surface area contributed by atoms with E-state index in [1.807, 2.05) is 32.0 Å². The van der Waals surface area contributed by atoms with Gasteiger partial charge >= 0.3 is 0 Å². The molecule has 2 rings (SSSR count). The van der Waals surface area contributed by atoms with Crippen LogP contribution in [0.15, 0.2) is 24.3 Å². The average molecular weight is 295 g/mol. The minimum Gasteiger partial charge on any atom is -0.354 e. The van der Waals surface area contributed by atoms with E-state index in [0.717, 1.165) is 12.0 Å². The molecular weight excluding hydrogens is 276 g/mol. The number of rotatable bonds is 3. The van der Waals surface area contributed by atoms with Crippen LogP contribution in [0.3, 0.4) is 0 Å². The molecule has 5 heteroatoms. The number of carbonyl (C=O) groups is 2. The van der Waals surface area contributed by atoms with Crippen LogP contribution in [0, 0.1) is 0 Å². The molecule has 108 valence electrons. The van der Waals surface area contributed by atoms with E-state index in [1.54, 1.807) is 6.07 Å². The molecular formula is C15H19ClN2O2. The first kappa shape index (κ1) is 14.9. The fourth-order valence-corrected chi connectivity index (χ4v) is 2.71. The lowest BCUT2D eigenvalue weighted by atomic mass is 9.83. The predicted octanol–water partition coefficient (Wildman–Crippen LogP) is 2.01. The fraction of sp³-hybridized carbons (Fsp3) is 0.467. The Kier molecular flexibility index (Phi) is 4.33. The van der Waals surface area contributed by atoms with Crippen LogP contribution in [0.4, 0.5) is 0 Å². The maximum atomic E-state index is 12.5. The van der Waals surface area contributed by atoms with Gasteiger partial charge in [-0.3, -0.25) is 9.59 Å². The predicted molar refractivity (Wildman–Crippen MR) is 78.7 cm³/mol. The van der Waals surface area contributed by atoms with Crippen LogP contribution in [0.5, 0.6) is 0 Å². The Hall–Kier alpha value is -1.55. The number of amides is 2. The smallest absolute Gasteiger partial charge is 0.242 e. The maximum absolute atomic E-state index is 12.5. The molecule has 1 aromatic carbocycles. The molecule has 1 aliphatic rings. The number of carbonyl (C=O) groups excluding carboxylic acids is 2. The van der Waals surface area contributed by atoms with Crippen LogP contribution in [0.2, 0.25) is 5.02 Å². The van der Waals surface area contributed by atoms with E-state index in [1.165, 1.54) is 0 Å². The molecule has 1 saturated heterocycles. The lowest BCUT2D eigenvalue weighted by Crippen LogP contribution is -2.53. The second-order valence-corrected chi connectivity index (χ2v) is 5.97. The molecule has 1 aliphatic heterocycles. The third-order valence-corrected chi connectivity index (χ3v) is 4.04. The number of hydrogen-bond donors (Lipinski definition) is 2. The Morgan fingerprint density at radius 1 is 1.40 bits per heavy atom. The number of halogens is 1. The highest BCUT2D eigenvalue weighted by Gasteiger charge is 2.34. The van der Waals surface area contributed by atoms with Crippen molar-refractivity contribution in [3.63, 3.8) is 0 Å². The SMILES string of the molecule is CC(C)(C(=O)N[C@@H]1CCCNC1=O)c1ccccc1Cl. The van der Waals surface area contributed by atoms with E-state index < -0.39 is 11.5 Å². The molecule has 1 heterocycles. The van der Waals surface area contributed by atoms with Crippen molar-refractivity contribution in [3.05, 3.63) is 34.9 Å². The van der Waals surface area contributed by atoms with Gasteiger partial charge in [0.2, 0.25) is 11.8 Å². The molecule has 0 saturated carbocycles. The highest BCUT2D eigenvalue weighted by atomic mass is 35.5. The van der Waals surface area contributed by atoms with Gasteiger partial charge in [0.25, 0.3) is 0 Å². The van der Waals surface area contributed by atoms with Crippen LogP contribution < -0.4 is 10.6 Å². The van der Waals surface area contributed by atoms with Gasteiger partial charge in [0, 0.05) is 11.6 Å². The van der Waals surface area contributed by atoms with Gasteiger partial charge in [-0.1, -0.05) is 29.8 Å². The van der Waals surface area contributed by atoms with Gasteiger partial charge in [0.15, 0.2) is 0 Å². The molecule has 0 radical (unpaired) electrons. The Bertz CT molecular complexity index is 528. The molecule has 0 unspecified atom stereocenters. The number of piperidine rings is 1. The zero-order chi connectivity index (χ0) is 14.8. The molecule has 4 nitrogen and oxygen atoms in total. The minimum absolute atomic E-state index is 0.112. The highest BCUT2D eigenvalue weighted by molar-refractivity contribution is 6.31. The van der Waals surface area contributed by atoms with E-state index >= 15 is 0 Å². The van der Waals surface area contributed by atoms with Crippen molar-refractivity contribution in [3.8, 4) is 0 Å². The molecule has 20 heavy (non-hydrogen) atoms. The van der Waals surface area contributed by atoms with Crippen molar-refractivity contribution < 1.29 is 9.59 Å². The topological polar surface area (TPSA) is 58.2 Å². The Morgan fingerprint density at radius 2 is 2.10 bits per heavy atom. The third-order valence-electron chi connectivity index (χ3n) is 3.71. The van der Waals surface area contributed by atoms with Crippen molar-refractivity contribution in [2.45, 2.75) is 38.1 Å². The van der Waals surface area contributed by atoms with Gasteiger partial charge < -0.3 is 10.6 Å². The fourth-order valence-electron chi connectivity index (χ4n) is 2.34. The van der Waals surface area contributed by atoms with Gasteiger partial charge in [-0.2, -0.15) is 0 Å². The molecule has 0 spiro atoms. The summed E-state index contributed by atoms with van der Waals surface area (Å²) in [5.74, 6) is -0.299. The van der Waals surface area contributed by atoms with Gasteiger partial charge in [0.05, 0.1) is 5.41 Å². The monoisotopic (exact) mass is 294 g/mol. The van der Waals surface area contributed by atoms with E-state index in [2.05, 4.69) is 10.6 Å². The second-order valence-electron chi connectivity index (χ2n) is 5.56. The van der Waals surface area contributed by atoms with Crippen LogP contribution in [-0.4, -0.2) is 24.4 Å². The standard InChI is InChI=1S/C15H19ClN2O2/c1-15(2,10-6-3-4-7-11(10)16)14(20)18-12-8-5-9-17-13(12)19/h3-4,6-7,12H,5,8-9H2,1-2H3,(H,17,19)(H,18,20)/t12-/m1/s1. The van der Waals surface area contributed by atoms with E-state index in [-0.39, 0.29) is 11.8 Å². The molecule has 0 aliphatic carbocycles. The van der Waals surface area contributed by atoms with Crippen molar-refractivity contribution in [2.24, 2.45) is 0 Å². The van der Waals surface area contributed by atoms with Gasteiger partial charge in [-0.05, 0) is 38.3 Å². The molecule has 1 aromatic rings. The molecule has 1 fully saturated rings.